The Morgan fingerprint density at radius 2 is 1.89 bits per heavy atom. The second-order valence-electron chi connectivity index (χ2n) is 3.29. The molecule has 96 valence electrons. The molecule has 0 aliphatic heterocycles. The molecule has 0 aliphatic carbocycles. The van der Waals surface area contributed by atoms with Gasteiger partial charge in [0.05, 0.1) is 15.7 Å². The van der Waals surface area contributed by atoms with Crippen LogP contribution in [0.5, 0.6) is 0 Å². The van der Waals surface area contributed by atoms with Gasteiger partial charge in [-0.15, -0.1) is 11.3 Å². The van der Waals surface area contributed by atoms with Crippen molar-refractivity contribution in [3.05, 3.63) is 44.2 Å². The predicted octanol–water partition coefficient (Wildman–Crippen LogP) is 4.62. The summed E-state index contributed by atoms with van der Waals surface area (Å²) >= 11 is 15.9. The molecule has 0 saturated heterocycles. The summed E-state index contributed by atoms with van der Waals surface area (Å²) < 4.78 is 27.3. The Labute approximate surface area is 127 Å². The highest BCUT2D eigenvalue weighted by atomic mass is 79.9. The van der Waals surface area contributed by atoms with Crippen LogP contribution in [-0.2, 0) is 10.0 Å². The lowest BCUT2D eigenvalue weighted by Gasteiger charge is -2.07. The topological polar surface area (TPSA) is 46.2 Å². The first-order chi connectivity index (χ1) is 8.40. The summed E-state index contributed by atoms with van der Waals surface area (Å²) in [5.41, 5.74) is 0.365. The summed E-state index contributed by atoms with van der Waals surface area (Å²) in [6, 6.07) is 6.22. The first kappa shape index (κ1) is 14.1. The Bertz CT molecular complexity index is 685. The molecule has 2 aromatic rings. The van der Waals surface area contributed by atoms with Crippen molar-refractivity contribution in [1.82, 2.24) is 0 Å². The molecule has 0 fully saturated rings. The molecule has 0 amide bonds. The zero-order chi connectivity index (χ0) is 13.3. The fraction of sp³-hybridized carbons (Fsp3) is 0. The van der Waals surface area contributed by atoms with Crippen molar-refractivity contribution in [1.29, 1.82) is 0 Å². The van der Waals surface area contributed by atoms with Crippen molar-refractivity contribution in [2.24, 2.45) is 0 Å². The van der Waals surface area contributed by atoms with E-state index in [2.05, 4.69) is 20.7 Å². The van der Waals surface area contributed by atoms with Crippen LogP contribution in [0.3, 0.4) is 0 Å². The number of anilines is 1. The van der Waals surface area contributed by atoms with Gasteiger partial charge in [-0.05, 0) is 45.6 Å². The van der Waals surface area contributed by atoms with E-state index in [-0.39, 0.29) is 4.21 Å². The van der Waals surface area contributed by atoms with Crippen LogP contribution >= 0.6 is 50.5 Å². The molecule has 0 radical (unpaired) electrons. The molecule has 2 rings (SSSR count). The number of rotatable bonds is 3. The Hall–Kier alpha value is -0.270. The molecule has 0 atom stereocenters. The van der Waals surface area contributed by atoms with E-state index < -0.39 is 10.0 Å². The molecular formula is C10H6BrCl2NO2S2. The maximum atomic E-state index is 12.1. The van der Waals surface area contributed by atoms with Crippen molar-refractivity contribution >= 4 is 66.2 Å². The van der Waals surface area contributed by atoms with Crippen molar-refractivity contribution < 1.29 is 8.42 Å². The number of halogens is 3. The Balaban J connectivity index is 2.34. The Morgan fingerprint density at radius 3 is 2.44 bits per heavy atom. The molecule has 0 unspecified atom stereocenters. The lowest BCUT2D eigenvalue weighted by molar-refractivity contribution is 0.603. The van der Waals surface area contributed by atoms with Gasteiger partial charge in [-0.1, -0.05) is 23.2 Å². The molecule has 0 spiro atoms. The normalized spacial score (nSPS) is 11.5. The van der Waals surface area contributed by atoms with Crippen LogP contribution in [-0.4, -0.2) is 8.42 Å². The third-order valence-corrected chi connectivity index (χ3v) is 6.79. The average molecular weight is 387 g/mol. The molecule has 8 heteroatoms. The van der Waals surface area contributed by atoms with Gasteiger partial charge in [-0.3, -0.25) is 4.72 Å². The fourth-order valence-corrected chi connectivity index (χ4v) is 4.92. The van der Waals surface area contributed by atoms with E-state index in [9.17, 15) is 8.42 Å². The molecule has 0 aliphatic rings. The van der Waals surface area contributed by atoms with Gasteiger partial charge in [0.1, 0.15) is 0 Å². The maximum absolute atomic E-state index is 12.1. The van der Waals surface area contributed by atoms with Crippen molar-refractivity contribution in [3.63, 3.8) is 0 Å². The van der Waals surface area contributed by atoms with Crippen molar-refractivity contribution in [2.45, 2.75) is 4.21 Å². The third-order valence-electron chi connectivity index (χ3n) is 2.00. The zero-order valence-electron chi connectivity index (χ0n) is 8.65. The van der Waals surface area contributed by atoms with E-state index >= 15 is 0 Å². The molecule has 1 N–H and O–H groups in total. The fourth-order valence-electron chi connectivity index (χ4n) is 1.23. The minimum atomic E-state index is -3.61. The number of nitrogens with one attached hydrogen (secondary N) is 1. The summed E-state index contributed by atoms with van der Waals surface area (Å²) in [5, 5.41) is 2.35. The second kappa shape index (κ2) is 5.38. The zero-order valence-corrected chi connectivity index (χ0v) is 13.4. The first-order valence-corrected chi connectivity index (χ1v) is 8.52. The number of sulfonamides is 1. The van der Waals surface area contributed by atoms with E-state index in [1.165, 1.54) is 12.1 Å². The number of benzene rings is 1. The average Bonchev–Trinajstić information content (AvgIpc) is 2.70. The van der Waals surface area contributed by atoms with E-state index in [1.807, 2.05) is 0 Å². The number of hydrogen-bond acceptors (Lipinski definition) is 3. The van der Waals surface area contributed by atoms with Gasteiger partial charge in [0.2, 0.25) is 0 Å². The van der Waals surface area contributed by atoms with Crippen LogP contribution in [0.2, 0.25) is 10.0 Å². The van der Waals surface area contributed by atoms with Crippen molar-refractivity contribution in [2.75, 3.05) is 4.72 Å². The summed E-state index contributed by atoms with van der Waals surface area (Å²) in [6.45, 7) is 0. The van der Waals surface area contributed by atoms with E-state index in [1.54, 1.807) is 17.5 Å². The van der Waals surface area contributed by atoms with Gasteiger partial charge in [0.25, 0.3) is 10.0 Å². The summed E-state index contributed by atoms with van der Waals surface area (Å²) in [5.74, 6) is 0. The van der Waals surface area contributed by atoms with Crippen LogP contribution in [0.1, 0.15) is 0 Å². The molecule has 0 saturated carbocycles. The highest BCUT2D eigenvalue weighted by Gasteiger charge is 2.19. The summed E-state index contributed by atoms with van der Waals surface area (Å²) in [4.78, 5) is 0. The van der Waals surface area contributed by atoms with Crippen LogP contribution < -0.4 is 4.72 Å². The molecular weight excluding hydrogens is 381 g/mol. The van der Waals surface area contributed by atoms with Crippen molar-refractivity contribution in [3.8, 4) is 0 Å². The highest BCUT2D eigenvalue weighted by Crippen LogP contribution is 2.31. The summed E-state index contributed by atoms with van der Waals surface area (Å²) in [6.07, 6.45) is 0. The van der Waals surface area contributed by atoms with Crippen LogP contribution in [0.4, 0.5) is 5.69 Å². The largest absolute Gasteiger partial charge is 0.279 e. The maximum Gasteiger partial charge on any atom is 0.272 e. The van der Waals surface area contributed by atoms with Crippen LogP contribution in [0.25, 0.3) is 0 Å². The minimum Gasteiger partial charge on any atom is -0.279 e. The van der Waals surface area contributed by atoms with Gasteiger partial charge in [0.15, 0.2) is 4.21 Å². The van der Waals surface area contributed by atoms with Gasteiger partial charge >= 0.3 is 0 Å². The molecule has 18 heavy (non-hydrogen) atoms. The molecule has 3 nitrogen and oxygen atoms in total. The Morgan fingerprint density at radius 1 is 1.17 bits per heavy atom. The first-order valence-electron chi connectivity index (χ1n) is 4.61. The highest BCUT2D eigenvalue weighted by molar-refractivity contribution is 9.10. The van der Waals surface area contributed by atoms with E-state index in [0.717, 1.165) is 11.3 Å². The standard InChI is InChI=1S/C10H6BrCl2NO2S2/c11-7-3-4-17-10(7)18(15,16)14-6-1-2-8(12)9(13)5-6/h1-5,14H. The molecule has 0 bridgehead atoms. The van der Waals surface area contributed by atoms with E-state index in [0.29, 0.717) is 20.2 Å². The lowest BCUT2D eigenvalue weighted by Crippen LogP contribution is -2.11. The molecule has 1 aromatic heterocycles. The van der Waals surface area contributed by atoms with Crippen LogP contribution in [0.15, 0.2) is 38.3 Å². The van der Waals surface area contributed by atoms with Gasteiger partial charge in [-0.2, -0.15) is 0 Å². The SMILES string of the molecule is O=S(=O)(Nc1ccc(Cl)c(Cl)c1)c1sccc1Br. The Kier molecular flexibility index (Phi) is 4.23. The van der Waals surface area contributed by atoms with Crippen LogP contribution in [0, 0.1) is 0 Å². The number of thiophene rings is 1. The van der Waals surface area contributed by atoms with Gasteiger partial charge in [0, 0.05) is 4.47 Å². The quantitative estimate of drug-likeness (QED) is 0.836. The van der Waals surface area contributed by atoms with Gasteiger partial charge < -0.3 is 0 Å². The third kappa shape index (κ3) is 3.00. The minimum absolute atomic E-state index is 0.216. The molecule has 1 aromatic carbocycles. The number of hydrogen-bond donors (Lipinski definition) is 1. The lowest BCUT2D eigenvalue weighted by atomic mass is 10.3. The van der Waals surface area contributed by atoms with Gasteiger partial charge in [-0.25, -0.2) is 8.42 Å². The monoisotopic (exact) mass is 385 g/mol. The summed E-state index contributed by atoms with van der Waals surface area (Å²) in [7, 11) is -3.61. The molecule has 1 heterocycles. The predicted molar refractivity (Wildman–Crippen MR) is 79.3 cm³/mol. The second-order valence-corrected chi connectivity index (χ2v) is 7.75. The van der Waals surface area contributed by atoms with E-state index in [4.69, 9.17) is 23.2 Å². The smallest absolute Gasteiger partial charge is 0.272 e.